The van der Waals surface area contributed by atoms with E-state index in [0.29, 0.717) is 13.1 Å². The number of amides is 1. The Kier molecular flexibility index (Phi) is 6.03. The van der Waals surface area contributed by atoms with Crippen molar-refractivity contribution in [1.29, 1.82) is 0 Å². The standard InChI is InChI=1S/C23H27N3OS/c1-2-25(16-18-10-4-3-5-11-18)22(27)17-26-15-9-8-13-20(26)23-24-19-12-6-7-14-21(19)28-23/h3-7,10-12,14,20H,2,8-9,13,15-17H2,1H3/t20-/m1/s1. The van der Waals surface area contributed by atoms with Gasteiger partial charge in [0.2, 0.25) is 5.91 Å². The van der Waals surface area contributed by atoms with E-state index in [2.05, 4.69) is 42.2 Å². The van der Waals surface area contributed by atoms with E-state index in [1.807, 2.05) is 29.2 Å². The van der Waals surface area contributed by atoms with Crippen molar-refractivity contribution in [2.45, 2.75) is 38.8 Å². The first kappa shape index (κ1) is 19.1. The van der Waals surface area contributed by atoms with Crippen molar-refractivity contribution in [1.82, 2.24) is 14.8 Å². The summed E-state index contributed by atoms with van der Waals surface area (Å²) in [6.07, 6.45) is 3.43. The van der Waals surface area contributed by atoms with Gasteiger partial charge in [-0.25, -0.2) is 4.98 Å². The Bertz CT molecular complexity index is 891. The summed E-state index contributed by atoms with van der Waals surface area (Å²) >= 11 is 1.77. The maximum absolute atomic E-state index is 13.1. The molecule has 0 aliphatic carbocycles. The summed E-state index contributed by atoms with van der Waals surface area (Å²) in [5.74, 6) is 0.208. The predicted octanol–water partition coefficient (Wildman–Crippen LogP) is 4.87. The molecule has 1 saturated heterocycles. The van der Waals surface area contributed by atoms with Gasteiger partial charge in [0.05, 0.1) is 22.8 Å². The number of piperidine rings is 1. The molecule has 1 amide bonds. The largest absolute Gasteiger partial charge is 0.338 e. The van der Waals surface area contributed by atoms with Crippen LogP contribution in [0.3, 0.4) is 0 Å². The van der Waals surface area contributed by atoms with Crippen molar-refractivity contribution < 1.29 is 4.79 Å². The zero-order chi connectivity index (χ0) is 19.3. The van der Waals surface area contributed by atoms with Gasteiger partial charge in [-0.2, -0.15) is 0 Å². The fourth-order valence-corrected chi connectivity index (χ4v) is 5.08. The van der Waals surface area contributed by atoms with E-state index >= 15 is 0 Å². The van der Waals surface area contributed by atoms with Crippen molar-refractivity contribution in [2.75, 3.05) is 19.6 Å². The van der Waals surface area contributed by atoms with Crippen LogP contribution in [0, 0.1) is 0 Å². The van der Waals surface area contributed by atoms with E-state index in [9.17, 15) is 4.79 Å². The Morgan fingerprint density at radius 1 is 1.14 bits per heavy atom. The summed E-state index contributed by atoms with van der Waals surface area (Å²) < 4.78 is 1.23. The van der Waals surface area contributed by atoms with Crippen LogP contribution >= 0.6 is 11.3 Å². The third-order valence-corrected chi connectivity index (χ3v) is 6.64. The maximum atomic E-state index is 13.1. The van der Waals surface area contributed by atoms with Crippen molar-refractivity contribution >= 4 is 27.5 Å². The van der Waals surface area contributed by atoms with Crippen LogP contribution < -0.4 is 0 Å². The molecule has 3 aromatic rings. The number of thiazole rings is 1. The molecular weight excluding hydrogens is 366 g/mol. The Hall–Kier alpha value is -2.24. The number of hydrogen-bond acceptors (Lipinski definition) is 4. The topological polar surface area (TPSA) is 36.4 Å². The highest BCUT2D eigenvalue weighted by molar-refractivity contribution is 7.18. The zero-order valence-electron chi connectivity index (χ0n) is 16.4. The van der Waals surface area contributed by atoms with Crippen molar-refractivity contribution in [3.05, 3.63) is 65.2 Å². The minimum Gasteiger partial charge on any atom is -0.338 e. The van der Waals surface area contributed by atoms with Gasteiger partial charge in [-0.15, -0.1) is 11.3 Å². The summed E-state index contributed by atoms with van der Waals surface area (Å²) in [4.78, 5) is 22.2. The molecule has 0 radical (unpaired) electrons. The Morgan fingerprint density at radius 3 is 2.71 bits per heavy atom. The normalized spacial score (nSPS) is 17.7. The van der Waals surface area contributed by atoms with E-state index in [4.69, 9.17) is 4.98 Å². The van der Waals surface area contributed by atoms with Crippen molar-refractivity contribution in [3.8, 4) is 0 Å². The number of likely N-dealkylation sites (N-methyl/N-ethyl adjacent to an activating group) is 1. The molecule has 146 valence electrons. The third-order valence-electron chi connectivity index (χ3n) is 5.50. The van der Waals surface area contributed by atoms with Crippen LogP contribution in [0.15, 0.2) is 54.6 Å². The maximum Gasteiger partial charge on any atom is 0.237 e. The van der Waals surface area contributed by atoms with Gasteiger partial charge in [-0.3, -0.25) is 9.69 Å². The average Bonchev–Trinajstić information content (AvgIpc) is 3.17. The molecular formula is C23H27N3OS. The lowest BCUT2D eigenvalue weighted by Crippen LogP contribution is -2.43. The molecule has 1 aliphatic heterocycles. The molecule has 1 aromatic heterocycles. The second-order valence-corrected chi connectivity index (χ2v) is 8.46. The number of likely N-dealkylation sites (tertiary alicyclic amines) is 1. The third kappa shape index (κ3) is 4.26. The minimum absolute atomic E-state index is 0.208. The molecule has 1 aliphatic rings. The second-order valence-electron chi connectivity index (χ2n) is 7.40. The number of carbonyl (C=O) groups is 1. The van der Waals surface area contributed by atoms with Crippen LogP contribution in [0.2, 0.25) is 0 Å². The van der Waals surface area contributed by atoms with Crippen LogP contribution in [0.25, 0.3) is 10.2 Å². The lowest BCUT2D eigenvalue weighted by atomic mass is 10.0. The smallest absolute Gasteiger partial charge is 0.237 e. The summed E-state index contributed by atoms with van der Waals surface area (Å²) in [6.45, 7) is 4.90. The number of fused-ring (bicyclic) bond motifs is 1. The van der Waals surface area contributed by atoms with Gasteiger partial charge >= 0.3 is 0 Å². The Balaban J connectivity index is 1.48. The fourth-order valence-electron chi connectivity index (χ4n) is 3.95. The van der Waals surface area contributed by atoms with E-state index in [-0.39, 0.29) is 11.9 Å². The quantitative estimate of drug-likeness (QED) is 0.599. The molecule has 0 spiro atoms. The van der Waals surface area contributed by atoms with E-state index in [0.717, 1.165) is 36.5 Å². The molecule has 2 heterocycles. The molecule has 0 saturated carbocycles. The first-order valence-corrected chi connectivity index (χ1v) is 11.0. The van der Waals surface area contributed by atoms with Gasteiger partial charge in [0, 0.05) is 13.1 Å². The number of para-hydroxylation sites is 1. The summed E-state index contributed by atoms with van der Waals surface area (Å²) in [7, 11) is 0. The van der Waals surface area contributed by atoms with Crippen LogP contribution in [0.4, 0.5) is 0 Å². The lowest BCUT2D eigenvalue weighted by molar-refractivity contribution is -0.133. The number of rotatable bonds is 6. The van der Waals surface area contributed by atoms with Crippen LogP contribution in [0.5, 0.6) is 0 Å². The van der Waals surface area contributed by atoms with Crippen LogP contribution in [0.1, 0.15) is 42.8 Å². The molecule has 0 bridgehead atoms. The molecule has 1 fully saturated rings. The number of aromatic nitrogens is 1. The molecule has 0 unspecified atom stereocenters. The molecule has 4 nitrogen and oxygen atoms in total. The van der Waals surface area contributed by atoms with Crippen LogP contribution in [-0.2, 0) is 11.3 Å². The Morgan fingerprint density at radius 2 is 1.93 bits per heavy atom. The minimum atomic E-state index is 0.208. The average molecular weight is 394 g/mol. The first-order valence-electron chi connectivity index (χ1n) is 10.2. The SMILES string of the molecule is CCN(Cc1ccccc1)C(=O)CN1CCCC[C@@H]1c1nc2ccccc2s1. The van der Waals surface area contributed by atoms with Gasteiger partial charge in [-0.1, -0.05) is 48.9 Å². The number of benzene rings is 2. The first-order chi connectivity index (χ1) is 13.7. The highest BCUT2D eigenvalue weighted by Crippen LogP contribution is 2.35. The predicted molar refractivity (Wildman–Crippen MR) is 115 cm³/mol. The molecule has 4 rings (SSSR count). The zero-order valence-corrected chi connectivity index (χ0v) is 17.2. The fraction of sp³-hybridized carbons (Fsp3) is 0.391. The van der Waals surface area contributed by atoms with Crippen molar-refractivity contribution in [3.63, 3.8) is 0 Å². The summed E-state index contributed by atoms with van der Waals surface area (Å²) in [5.41, 5.74) is 2.25. The van der Waals surface area contributed by atoms with Crippen LogP contribution in [-0.4, -0.2) is 40.3 Å². The van der Waals surface area contributed by atoms with Crippen molar-refractivity contribution in [2.24, 2.45) is 0 Å². The van der Waals surface area contributed by atoms with E-state index < -0.39 is 0 Å². The van der Waals surface area contributed by atoms with Gasteiger partial charge in [0.25, 0.3) is 0 Å². The molecule has 28 heavy (non-hydrogen) atoms. The number of carbonyl (C=O) groups excluding carboxylic acids is 1. The number of nitrogens with zero attached hydrogens (tertiary/aromatic N) is 3. The van der Waals surface area contributed by atoms with Gasteiger partial charge in [0.1, 0.15) is 5.01 Å². The monoisotopic (exact) mass is 393 g/mol. The van der Waals surface area contributed by atoms with Gasteiger partial charge < -0.3 is 4.90 Å². The second kappa shape index (κ2) is 8.84. The lowest BCUT2D eigenvalue weighted by Gasteiger charge is -2.35. The van der Waals surface area contributed by atoms with E-state index in [1.54, 1.807) is 11.3 Å². The summed E-state index contributed by atoms with van der Waals surface area (Å²) in [5, 5.41) is 1.15. The summed E-state index contributed by atoms with van der Waals surface area (Å²) in [6, 6.07) is 18.8. The molecule has 0 N–H and O–H groups in total. The highest BCUT2D eigenvalue weighted by atomic mass is 32.1. The molecule has 2 aromatic carbocycles. The van der Waals surface area contributed by atoms with Gasteiger partial charge in [-0.05, 0) is 44.0 Å². The number of hydrogen-bond donors (Lipinski definition) is 0. The Labute approximate surface area is 170 Å². The van der Waals surface area contributed by atoms with Gasteiger partial charge in [0.15, 0.2) is 0 Å². The molecule has 1 atom stereocenters. The van der Waals surface area contributed by atoms with E-state index in [1.165, 1.54) is 16.7 Å². The molecule has 5 heteroatoms. The highest BCUT2D eigenvalue weighted by Gasteiger charge is 2.29.